The number of halogens is 3. The molecule has 7 nitrogen and oxygen atoms in total. The molecule has 0 unspecified atom stereocenters. The lowest BCUT2D eigenvalue weighted by Crippen LogP contribution is -2.13. The van der Waals surface area contributed by atoms with Gasteiger partial charge in [0.05, 0.1) is 49.6 Å². The Labute approximate surface area is 136 Å². The van der Waals surface area contributed by atoms with E-state index in [-0.39, 0.29) is 25.6 Å². The number of nitro groups is 1. The van der Waals surface area contributed by atoms with Crippen molar-refractivity contribution in [3.63, 3.8) is 0 Å². The van der Waals surface area contributed by atoms with Crippen molar-refractivity contribution < 1.29 is 37.0 Å². The molecule has 0 fully saturated rings. The molecule has 0 aliphatic rings. The Hall–Kier alpha value is -1.91. The van der Waals surface area contributed by atoms with Gasteiger partial charge in [-0.15, -0.1) is 0 Å². The van der Waals surface area contributed by atoms with Gasteiger partial charge in [-0.2, -0.15) is 13.2 Å². The van der Waals surface area contributed by atoms with Crippen LogP contribution in [0.25, 0.3) is 0 Å². The van der Waals surface area contributed by atoms with E-state index in [2.05, 4.69) is 0 Å². The largest absolute Gasteiger partial charge is 0.491 e. The van der Waals surface area contributed by atoms with E-state index in [4.69, 9.17) is 18.9 Å². The van der Waals surface area contributed by atoms with Crippen molar-refractivity contribution >= 4 is 5.69 Å². The predicted octanol–water partition coefficient (Wildman–Crippen LogP) is 2.67. The maximum atomic E-state index is 12.7. The van der Waals surface area contributed by atoms with Crippen LogP contribution in [0.2, 0.25) is 0 Å². The van der Waals surface area contributed by atoms with E-state index in [1.54, 1.807) is 7.11 Å². The second kappa shape index (κ2) is 10.1. The minimum absolute atomic E-state index is 0.0451. The Balaban J connectivity index is 2.42. The van der Waals surface area contributed by atoms with Crippen LogP contribution in [0.5, 0.6) is 5.75 Å². The molecule has 0 saturated heterocycles. The quantitative estimate of drug-likeness (QED) is 0.346. The minimum atomic E-state index is -4.69. The fraction of sp³-hybridized carbons (Fsp3) is 0.571. The maximum Gasteiger partial charge on any atom is 0.416 e. The Morgan fingerprint density at radius 1 is 1.00 bits per heavy atom. The first-order valence-electron chi connectivity index (χ1n) is 6.98. The molecule has 0 amide bonds. The first kappa shape index (κ1) is 20.1. The third kappa shape index (κ3) is 7.57. The zero-order valence-corrected chi connectivity index (χ0v) is 13.0. The van der Waals surface area contributed by atoms with E-state index in [9.17, 15) is 23.3 Å². The summed E-state index contributed by atoms with van der Waals surface area (Å²) < 4.78 is 58.3. The summed E-state index contributed by atoms with van der Waals surface area (Å²) in [5, 5.41) is 10.7. The number of benzene rings is 1. The highest BCUT2D eigenvalue weighted by molar-refractivity contribution is 5.43. The predicted molar refractivity (Wildman–Crippen MR) is 77.1 cm³/mol. The summed E-state index contributed by atoms with van der Waals surface area (Å²) in [6, 6.07) is 2.10. The molecule has 0 aliphatic carbocycles. The van der Waals surface area contributed by atoms with Gasteiger partial charge in [-0.3, -0.25) is 10.1 Å². The number of rotatable bonds is 11. The molecule has 0 saturated carbocycles. The molecule has 0 N–H and O–H groups in total. The molecule has 1 rings (SSSR count). The van der Waals surface area contributed by atoms with E-state index in [1.165, 1.54) is 0 Å². The Bertz CT molecular complexity index is 524. The molecule has 0 radical (unpaired) electrons. The molecule has 136 valence electrons. The third-order valence-corrected chi connectivity index (χ3v) is 2.73. The Morgan fingerprint density at radius 2 is 1.58 bits per heavy atom. The highest BCUT2D eigenvalue weighted by atomic mass is 19.4. The summed E-state index contributed by atoms with van der Waals surface area (Å²) in [7, 11) is 1.55. The van der Waals surface area contributed by atoms with Gasteiger partial charge < -0.3 is 18.9 Å². The number of non-ortho nitro benzene ring substituents is 1. The van der Waals surface area contributed by atoms with Crippen molar-refractivity contribution in [2.75, 3.05) is 46.8 Å². The molecule has 0 heterocycles. The van der Waals surface area contributed by atoms with Gasteiger partial charge in [0.2, 0.25) is 0 Å². The van der Waals surface area contributed by atoms with Crippen LogP contribution in [-0.4, -0.2) is 51.7 Å². The average Bonchev–Trinajstić information content (AvgIpc) is 2.52. The SMILES string of the molecule is COCCOCCOCCOc1cc([N+](=O)[O-])cc(C(F)(F)F)c1. The molecule has 24 heavy (non-hydrogen) atoms. The van der Waals surface area contributed by atoms with E-state index in [1.807, 2.05) is 0 Å². The van der Waals surface area contributed by atoms with Gasteiger partial charge >= 0.3 is 6.18 Å². The van der Waals surface area contributed by atoms with Crippen LogP contribution in [0, 0.1) is 10.1 Å². The molecule has 0 aromatic heterocycles. The molecule has 0 spiro atoms. The lowest BCUT2D eigenvalue weighted by atomic mass is 10.2. The van der Waals surface area contributed by atoms with Crippen LogP contribution in [0.3, 0.4) is 0 Å². The summed E-state index contributed by atoms with van der Waals surface area (Å²) in [5.41, 5.74) is -1.83. The number of methoxy groups -OCH3 is 1. The van der Waals surface area contributed by atoms with Crippen LogP contribution >= 0.6 is 0 Å². The third-order valence-electron chi connectivity index (χ3n) is 2.73. The first-order valence-corrected chi connectivity index (χ1v) is 6.98. The van der Waals surface area contributed by atoms with Gasteiger partial charge in [-0.1, -0.05) is 0 Å². The highest BCUT2D eigenvalue weighted by Crippen LogP contribution is 2.34. The molecule has 0 atom stereocenters. The van der Waals surface area contributed by atoms with E-state index in [0.717, 1.165) is 6.07 Å². The minimum Gasteiger partial charge on any atom is -0.491 e. The molecule has 1 aromatic carbocycles. The van der Waals surface area contributed by atoms with Crippen molar-refractivity contribution in [1.29, 1.82) is 0 Å². The van der Waals surface area contributed by atoms with Crippen LogP contribution in [0.4, 0.5) is 18.9 Å². The number of hydrogen-bond donors (Lipinski definition) is 0. The smallest absolute Gasteiger partial charge is 0.416 e. The second-order valence-corrected chi connectivity index (χ2v) is 4.54. The van der Waals surface area contributed by atoms with Gasteiger partial charge in [0.1, 0.15) is 12.4 Å². The van der Waals surface area contributed by atoms with Crippen molar-refractivity contribution in [1.82, 2.24) is 0 Å². The number of alkyl halides is 3. The average molecular weight is 353 g/mol. The Morgan fingerprint density at radius 3 is 2.12 bits per heavy atom. The van der Waals surface area contributed by atoms with Crippen LogP contribution in [-0.2, 0) is 20.4 Å². The van der Waals surface area contributed by atoms with Gasteiger partial charge in [-0.05, 0) is 6.07 Å². The monoisotopic (exact) mass is 353 g/mol. The molecule has 1 aromatic rings. The standard InChI is InChI=1S/C14H18F3NO6/c1-21-2-3-22-4-5-23-6-7-24-13-9-11(14(15,16)17)8-12(10-13)18(19)20/h8-10H,2-7H2,1H3. The summed E-state index contributed by atoms with van der Waals surface area (Å²) in [6.07, 6.45) is -4.69. The topological polar surface area (TPSA) is 80.1 Å². The maximum absolute atomic E-state index is 12.7. The lowest BCUT2D eigenvalue weighted by Gasteiger charge is -2.11. The lowest BCUT2D eigenvalue weighted by molar-refractivity contribution is -0.385. The van der Waals surface area contributed by atoms with E-state index < -0.39 is 22.4 Å². The number of hydrogen-bond acceptors (Lipinski definition) is 6. The van der Waals surface area contributed by atoms with Crippen molar-refractivity contribution in [3.05, 3.63) is 33.9 Å². The zero-order chi connectivity index (χ0) is 18.0. The highest BCUT2D eigenvalue weighted by Gasteiger charge is 2.33. The fourth-order valence-electron chi connectivity index (χ4n) is 1.62. The number of nitro benzene ring substituents is 1. The summed E-state index contributed by atoms with van der Waals surface area (Å²) in [5.74, 6) is -0.239. The Kier molecular flexibility index (Phi) is 8.44. The van der Waals surface area contributed by atoms with Gasteiger partial charge in [0.25, 0.3) is 5.69 Å². The molecule has 10 heteroatoms. The number of nitrogens with zero attached hydrogens (tertiary/aromatic N) is 1. The molecule has 0 aliphatic heterocycles. The van der Waals surface area contributed by atoms with Gasteiger partial charge in [0.15, 0.2) is 0 Å². The first-order chi connectivity index (χ1) is 11.3. The number of ether oxygens (including phenoxy) is 4. The molecule has 0 bridgehead atoms. The van der Waals surface area contributed by atoms with E-state index >= 15 is 0 Å². The summed E-state index contributed by atoms with van der Waals surface area (Å²) in [6.45, 7) is 1.60. The molecular formula is C14H18F3NO6. The van der Waals surface area contributed by atoms with Crippen molar-refractivity contribution in [2.45, 2.75) is 6.18 Å². The van der Waals surface area contributed by atoms with E-state index in [0.29, 0.717) is 32.0 Å². The van der Waals surface area contributed by atoms with Crippen LogP contribution in [0.15, 0.2) is 18.2 Å². The van der Waals surface area contributed by atoms with Crippen molar-refractivity contribution in [3.8, 4) is 5.75 Å². The van der Waals surface area contributed by atoms with Crippen molar-refractivity contribution in [2.24, 2.45) is 0 Å². The zero-order valence-electron chi connectivity index (χ0n) is 13.0. The van der Waals surface area contributed by atoms with Gasteiger partial charge in [-0.25, -0.2) is 0 Å². The molecular weight excluding hydrogens is 335 g/mol. The van der Waals surface area contributed by atoms with Gasteiger partial charge in [0, 0.05) is 13.2 Å². The van der Waals surface area contributed by atoms with Crippen LogP contribution in [0.1, 0.15) is 5.56 Å². The summed E-state index contributed by atoms with van der Waals surface area (Å²) in [4.78, 5) is 9.78. The summed E-state index contributed by atoms with van der Waals surface area (Å²) >= 11 is 0. The fourth-order valence-corrected chi connectivity index (χ4v) is 1.62. The van der Waals surface area contributed by atoms with Crippen LogP contribution < -0.4 is 4.74 Å². The normalized spacial score (nSPS) is 11.5. The second-order valence-electron chi connectivity index (χ2n) is 4.54.